The molecule has 148 valence electrons. The van der Waals surface area contributed by atoms with Crippen molar-refractivity contribution < 1.29 is 9.59 Å². The molecule has 1 saturated heterocycles. The number of hydrogen-bond donors (Lipinski definition) is 1. The zero-order chi connectivity index (χ0) is 20.2. The summed E-state index contributed by atoms with van der Waals surface area (Å²) in [6, 6.07) is 14.9. The van der Waals surface area contributed by atoms with Crippen molar-refractivity contribution in [1.29, 1.82) is 0 Å². The van der Waals surface area contributed by atoms with Crippen molar-refractivity contribution in [3.63, 3.8) is 0 Å². The molecule has 2 heterocycles. The minimum absolute atomic E-state index is 0.00882. The predicted molar refractivity (Wildman–Crippen MR) is 112 cm³/mol. The Morgan fingerprint density at radius 2 is 1.79 bits per heavy atom. The van der Waals surface area contributed by atoms with E-state index < -0.39 is 0 Å². The Labute approximate surface area is 170 Å². The second-order valence-corrected chi connectivity index (χ2v) is 7.35. The van der Waals surface area contributed by atoms with E-state index in [9.17, 15) is 9.59 Å². The minimum atomic E-state index is -0.225. The van der Waals surface area contributed by atoms with Crippen LogP contribution in [0.5, 0.6) is 0 Å². The number of benzene rings is 2. The maximum atomic E-state index is 13.0. The van der Waals surface area contributed by atoms with Crippen LogP contribution in [-0.2, 0) is 6.54 Å². The number of nitrogens with zero attached hydrogens (tertiary/aromatic N) is 3. The molecule has 0 radical (unpaired) electrons. The zero-order valence-electron chi connectivity index (χ0n) is 16.5. The van der Waals surface area contributed by atoms with Crippen LogP contribution in [0.3, 0.4) is 0 Å². The van der Waals surface area contributed by atoms with Gasteiger partial charge in [0.25, 0.3) is 11.8 Å². The van der Waals surface area contributed by atoms with Gasteiger partial charge in [0, 0.05) is 31.0 Å². The molecule has 0 bridgehead atoms. The fourth-order valence-electron chi connectivity index (χ4n) is 3.67. The van der Waals surface area contributed by atoms with Crippen LogP contribution in [0, 0.1) is 6.92 Å². The molecule has 1 aliphatic heterocycles. The molecule has 1 aliphatic rings. The van der Waals surface area contributed by atoms with Gasteiger partial charge in [-0.1, -0.05) is 24.3 Å². The van der Waals surface area contributed by atoms with Gasteiger partial charge in [0.1, 0.15) is 0 Å². The molecule has 1 fully saturated rings. The fraction of sp³-hybridized carbons (Fsp3) is 0.261. The van der Waals surface area contributed by atoms with Crippen LogP contribution < -0.4 is 5.32 Å². The maximum Gasteiger partial charge on any atom is 0.256 e. The van der Waals surface area contributed by atoms with Gasteiger partial charge in [-0.2, -0.15) is 5.10 Å². The van der Waals surface area contributed by atoms with Crippen molar-refractivity contribution in [1.82, 2.24) is 14.7 Å². The topological polar surface area (TPSA) is 67.2 Å². The minimum Gasteiger partial charge on any atom is -0.339 e. The van der Waals surface area contributed by atoms with Crippen molar-refractivity contribution >= 4 is 17.5 Å². The third kappa shape index (κ3) is 4.21. The van der Waals surface area contributed by atoms with E-state index in [0.29, 0.717) is 23.4 Å². The number of rotatable bonds is 5. The molecule has 2 aromatic carbocycles. The molecule has 0 spiro atoms. The number of aryl methyl sites for hydroxylation is 1. The summed E-state index contributed by atoms with van der Waals surface area (Å²) in [5, 5.41) is 7.13. The highest BCUT2D eigenvalue weighted by Crippen LogP contribution is 2.24. The summed E-state index contributed by atoms with van der Waals surface area (Å²) >= 11 is 0. The Hall–Kier alpha value is -3.41. The summed E-state index contributed by atoms with van der Waals surface area (Å²) < 4.78 is 1.83. The SMILES string of the molecule is Cc1cccc(NC(=O)c2ccc(Cn3cccn3)cc2)c1C(=O)N1CCCC1. The monoisotopic (exact) mass is 388 g/mol. The number of nitrogens with one attached hydrogen (secondary N) is 1. The highest BCUT2D eigenvalue weighted by molar-refractivity contribution is 6.09. The first-order chi connectivity index (χ1) is 14.1. The fourth-order valence-corrected chi connectivity index (χ4v) is 3.67. The number of amides is 2. The number of carbonyl (C=O) groups is 2. The molecule has 1 N–H and O–H groups in total. The molecular formula is C23H24N4O2. The Morgan fingerprint density at radius 3 is 2.48 bits per heavy atom. The Bertz CT molecular complexity index is 1000. The number of likely N-dealkylation sites (tertiary alicyclic amines) is 1. The molecule has 6 nitrogen and oxygen atoms in total. The lowest BCUT2D eigenvalue weighted by Gasteiger charge is -2.19. The summed E-state index contributed by atoms with van der Waals surface area (Å²) in [6.07, 6.45) is 5.70. The van der Waals surface area contributed by atoms with E-state index in [4.69, 9.17) is 0 Å². The standard InChI is InChI=1S/C23H24N4O2/c1-17-6-4-7-20(21(17)23(29)26-13-2-3-14-26)25-22(28)19-10-8-18(9-11-19)16-27-15-5-12-24-27/h4-12,15H,2-3,13-14,16H2,1H3,(H,25,28). The molecule has 0 atom stereocenters. The van der Waals surface area contributed by atoms with E-state index in [-0.39, 0.29) is 11.8 Å². The largest absolute Gasteiger partial charge is 0.339 e. The molecule has 3 aromatic rings. The smallest absolute Gasteiger partial charge is 0.256 e. The summed E-state index contributed by atoms with van der Waals surface area (Å²) in [6.45, 7) is 4.11. The van der Waals surface area contributed by atoms with E-state index in [1.165, 1.54) is 0 Å². The van der Waals surface area contributed by atoms with Crippen molar-refractivity contribution in [2.45, 2.75) is 26.3 Å². The molecule has 6 heteroatoms. The van der Waals surface area contributed by atoms with Gasteiger partial charge in [-0.25, -0.2) is 0 Å². The first-order valence-corrected chi connectivity index (χ1v) is 9.88. The number of carbonyl (C=O) groups excluding carboxylic acids is 2. The van der Waals surface area contributed by atoms with Crippen LogP contribution >= 0.6 is 0 Å². The summed E-state index contributed by atoms with van der Waals surface area (Å²) in [4.78, 5) is 27.6. The van der Waals surface area contributed by atoms with Crippen molar-refractivity contribution in [3.05, 3.63) is 83.2 Å². The van der Waals surface area contributed by atoms with Gasteiger partial charge in [-0.15, -0.1) is 0 Å². The van der Waals surface area contributed by atoms with Crippen molar-refractivity contribution in [2.75, 3.05) is 18.4 Å². The first-order valence-electron chi connectivity index (χ1n) is 9.88. The Balaban J connectivity index is 1.51. The summed E-state index contributed by atoms with van der Waals surface area (Å²) in [7, 11) is 0. The summed E-state index contributed by atoms with van der Waals surface area (Å²) in [5.74, 6) is -0.234. The number of aromatic nitrogens is 2. The van der Waals surface area contributed by atoms with E-state index in [2.05, 4.69) is 10.4 Å². The molecule has 1 aromatic heterocycles. The molecule has 0 unspecified atom stereocenters. The van der Waals surface area contributed by atoms with E-state index >= 15 is 0 Å². The summed E-state index contributed by atoms with van der Waals surface area (Å²) in [5.41, 5.74) is 3.63. The highest BCUT2D eigenvalue weighted by Gasteiger charge is 2.24. The van der Waals surface area contributed by atoms with Gasteiger partial charge in [0.15, 0.2) is 0 Å². The average molecular weight is 388 g/mol. The van der Waals surface area contributed by atoms with Gasteiger partial charge in [-0.3, -0.25) is 14.3 Å². The van der Waals surface area contributed by atoms with E-state index in [1.54, 1.807) is 24.4 Å². The van der Waals surface area contributed by atoms with Gasteiger partial charge >= 0.3 is 0 Å². The van der Waals surface area contributed by atoms with Crippen LogP contribution in [0.15, 0.2) is 60.9 Å². The van der Waals surface area contributed by atoms with Gasteiger partial charge in [0.2, 0.25) is 0 Å². The maximum absolute atomic E-state index is 13.0. The zero-order valence-corrected chi connectivity index (χ0v) is 16.5. The molecule has 29 heavy (non-hydrogen) atoms. The van der Waals surface area contributed by atoms with Gasteiger partial charge in [0.05, 0.1) is 17.8 Å². The van der Waals surface area contributed by atoms with E-state index in [1.807, 2.05) is 53.0 Å². The van der Waals surface area contributed by atoms with Crippen LogP contribution in [0.2, 0.25) is 0 Å². The lowest BCUT2D eigenvalue weighted by molar-refractivity contribution is 0.0793. The molecule has 2 amide bonds. The Kier molecular flexibility index (Phi) is 5.42. The Morgan fingerprint density at radius 1 is 1.03 bits per heavy atom. The third-order valence-electron chi connectivity index (χ3n) is 5.25. The van der Waals surface area contributed by atoms with Crippen LogP contribution in [-0.4, -0.2) is 39.6 Å². The van der Waals surface area contributed by atoms with Crippen LogP contribution in [0.1, 0.15) is 44.7 Å². The second-order valence-electron chi connectivity index (χ2n) is 7.35. The highest BCUT2D eigenvalue weighted by atomic mass is 16.2. The van der Waals surface area contributed by atoms with Crippen LogP contribution in [0.25, 0.3) is 0 Å². The molecule has 0 aliphatic carbocycles. The third-order valence-corrected chi connectivity index (χ3v) is 5.25. The van der Waals surface area contributed by atoms with Gasteiger partial charge in [-0.05, 0) is 55.2 Å². The predicted octanol–water partition coefficient (Wildman–Crippen LogP) is 3.73. The van der Waals surface area contributed by atoms with Gasteiger partial charge < -0.3 is 10.2 Å². The molecular weight excluding hydrogens is 364 g/mol. The van der Waals surface area contributed by atoms with Crippen molar-refractivity contribution in [2.24, 2.45) is 0 Å². The quantitative estimate of drug-likeness (QED) is 0.724. The van der Waals surface area contributed by atoms with Crippen LogP contribution in [0.4, 0.5) is 5.69 Å². The normalized spacial score (nSPS) is 13.5. The first kappa shape index (κ1) is 18.9. The van der Waals surface area contributed by atoms with Crippen molar-refractivity contribution in [3.8, 4) is 0 Å². The lowest BCUT2D eigenvalue weighted by atomic mass is 10.0. The number of hydrogen-bond acceptors (Lipinski definition) is 3. The van der Waals surface area contributed by atoms with E-state index in [0.717, 1.165) is 37.1 Å². The molecule has 0 saturated carbocycles. The number of anilines is 1. The average Bonchev–Trinajstić information content (AvgIpc) is 3.42. The molecule has 4 rings (SSSR count). The second kappa shape index (κ2) is 8.31. The lowest BCUT2D eigenvalue weighted by Crippen LogP contribution is -2.29.